The zero-order valence-electron chi connectivity index (χ0n) is 15.1. The number of epoxide rings is 1. The maximum absolute atomic E-state index is 10.7. The number of fused-ring (bicyclic) bond motifs is 2. The molecule has 1 saturated heterocycles. The first kappa shape index (κ1) is 16.5. The van der Waals surface area contributed by atoms with Crippen molar-refractivity contribution in [2.24, 2.45) is 17.3 Å². The van der Waals surface area contributed by atoms with Crippen LogP contribution in [0.25, 0.3) is 0 Å². The first-order valence-electron chi connectivity index (χ1n) is 9.20. The molecule has 1 N–H and O–H groups in total. The number of aliphatic hydroxyl groups is 1. The Bertz CT molecular complexity index is 461. The summed E-state index contributed by atoms with van der Waals surface area (Å²) in [5, 5.41) is 10.7. The number of hydrogen-bond acceptors (Lipinski definition) is 2. The Morgan fingerprint density at radius 1 is 1.18 bits per heavy atom. The number of rotatable bonds is 1. The minimum absolute atomic E-state index is 0.109. The fourth-order valence-corrected chi connectivity index (χ4v) is 5.19. The van der Waals surface area contributed by atoms with Gasteiger partial charge in [0.05, 0.1) is 17.3 Å². The molecule has 5 atom stereocenters. The van der Waals surface area contributed by atoms with Gasteiger partial charge in [-0.1, -0.05) is 18.6 Å². The lowest BCUT2D eigenvalue weighted by Crippen LogP contribution is -2.38. The van der Waals surface area contributed by atoms with Crippen LogP contribution in [-0.2, 0) is 4.74 Å². The Labute approximate surface area is 136 Å². The van der Waals surface area contributed by atoms with Gasteiger partial charge in [-0.25, -0.2) is 0 Å². The fourth-order valence-electron chi connectivity index (χ4n) is 5.19. The molecule has 22 heavy (non-hydrogen) atoms. The third-order valence-corrected chi connectivity index (χ3v) is 7.02. The molecule has 2 aliphatic carbocycles. The van der Waals surface area contributed by atoms with Gasteiger partial charge in [-0.3, -0.25) is 0 Å². The molecule has 3 aliphatic rings. The molecular formula is C20H34O2. The highest BCUT2D eigenvalue weighted by Gasteiger charge is 2.54. The van der Waals surface area contributed by atoms with E-state index >= 15 is 0 Å². The van der Waals surface area contributed by atoms with E-state index < -0.39 is 5.60 Å². The van der Waals surface area contributed by atoms with Gasteiger partial charge in [0.1, 0.15) is 0 Å². The van der Waals surface area contributed by atoms with Gasteiger partial charge in [0, 0.05) is 0 Å². The molecule has 0 bridgehead atoms. The first-order chi connectivity index (χ1) is 10.1. The largest absolute Gasteiger partial charge is 0.390 e. The minimum atomic E-state index is -0.563. The van der Waals surface area contributed by atoms with Crippen molar-refractivity contribution < 1.29 is 9.84 Å². The van der Waals surface area contributed by atoms with Crippen molar-refractivity contribution in [3.8, 4) is 0 Å². The van der Waals surface area contributed by atoms with E-state index in [1.807, 2.05) is 13.8 Å². The van der Waals surface area contributed by atoms with Gasteiger partial charge in [-0.2, -0.15) is 0 Å². The molecule has 126 valence electrons. The maximum atomic E-state index is 10.7. The van der Waals surface area contributed by atoms with E-state index in [9.17, 15) is 5.11 Å². The predicted molar refractivity (Wildman–Crippen MR) is 90.7 cm³/mol. The van der Waals surface area contributed by atoms with Crippen LogP contribution < -0.4 is 0 Å². The van der Waals surface area contributed by atoms with Crippen molar-refractivity contribution in [2.75, 3.05) is 0 Å². The molecule has 0 aromatic heterocycles. The van der Waals surface area contributed by atoms with Crippen molar-refractivity contribution in [1.29, 1.82) is 0 Å². The zero-order chi connectivity index (χ0) is 16.2. The Morgan fingerprint density at radius 2 is 1.91 bits per heavy atom. The molecule has 0 aromatic rings. The van der Waals surface area contributed by atoms with Crippen LogP contribution in [-0.4, -0.2) is 22.4 Å². The van der Waals surface area contributed by atoms with Gasteiger partial charge in [0.2, 0.25) is 0 Å². The molecule has 0 radical (unpaired) electrons. The molecule has 0 aromatic carbocycles. The Hall–Kier alpha value is -0.340. The fraction of sp³-hybridized carbons (Fsp3) is 0.900. The van der Waals surface area contributed by atoms with E-state index in [2.05, 4.69) is 26.8 Å². The second-order valence-corrected chi connectivity index (χ2v) is 9.31. The van der Waals surface area contributed by atoms with Gasteiger partial charge in [-0.05, 0) is 89.9 Å². The molecule has 0 unspecified atom stereocenters. The van der Waals surface area contributed by atoms with E-state index in [-0.39, 0.29) is 5.60 Å². The van der Waals surface area contributed by atoms with E-state index in [0.29, 0.717) is 23.4 Å². The summed E-state index contributed by atoms with van der Waals surface area (Å²) in [5.41, 5.74) is 1.41. The van der Waals surface area contributed by atoms with Crippen LogP contribution in [0.15, 0.2) is 11.6 Å². The van der Waals surface area contributed by atoms with Crippen LogP contribution in [0.3, 0.4) is 0 Å². The van der Waals surface area contributed by atoms with E-state index in [1.165, 1.54) is 44.1 Å². The molecule has 1 saturated carbocycles. The Kier molecular flexibility index (Phi) is 4.01. The monoisotopic (exact) mass is 306 g/mol. The SMILES string of the molecule is CC1=CC[C@@]2(C)CC[C@@H](C(C)(C)O)[C@@H]2CC[C@@]2(C)O[C@@H]2CC1. The number of allylic oxidation sites excluding steroid dienone is 2. The quantitative estimate of drug-likeness (QED) is 0.554. The lowest BCUT2D eigenvalue weighted by atomic mass is 9.68. The molecule has 0 spiro atoms. The number of ether oxygens (including phenoxy) is 1. The summed E-state index contributed by atoms with van der Waals surface area (Å²) < 4.78 is 6.04. The van der Waals surface area contributed by atoms with Gasteiger partial charge >= 0.3 is 0 Å². The maximum Gasteiger partial charge on any atom is 0.0920 e. The smallest absolute Gasteiger partial charge is 0.0920 e. The summed E-state index contributed by atoms with van der Waals surface area (Å²) in [6.45, 7) is 11.0. The van der Waals surface area contributed by atoms with Gasteiger partial charge in [0.25, 0.3) is 0 Å². The summed E-state index contributed by atoms with van der Waals surface area (Å²) >= 11 is 0. The lowest BCUT2D eigenvalue weighted by molar-refractivity contribution is -0.0182. The molecule has 2 heteroatoms. The lowest BCUT2D eigenvalue weighted by Gasteiger charge is -2.38. The average molecular weight is 306 g/mol. The summed E-state index contributed by atoms with van der Waals surface area (Å²) in [6, 6.07) is 0. The first-order valence-corrected chi connectivity index (χ1v) is 9.20. The third-order valence-electron chi connectivity index (χ3n) is 7.02. The summed E-state index contributed by atoms with van der Waals surface area (Å²) in [4.78, 5) is 0. The van der Waals surface area contributed by atoms with Gasteiger partial charge in [0.15, 0.2) is 0 Å². The second-order valence-electron chi connectivity index (χ2n) is 9.31. The highest BCUT2D eigenvalue weighted by atomic mass is 16.6. The van der Waals surface area contributed by atoms with E-state index in [1.54, 1.807) is 0 Å². The molecule has 1 heterocycles. The average Bonchev–Trinajstić information content (AvgIpc) is 2.92. The zero-order valence-corrected chi connectivity index (χ0v) is 15.1. The summed E-state index contributed by atoms with van der Waals surface area (Å²) in [7, 11) is 0. The van der Waals surface area contributed by atoms with Crippen molar-refractivity contribution >= 4 is 0 Å². The van der Waals surface area contributed by atoms with Crippen molar-refractivity contribution in [3.05, 3.63) is 11.6 Å². The molecule has 1 aliphatic heterocycles. The summed E-state index contributed by atoms with van der Waals surface area (Å²) in [5.74, 6) is 1.03. The van der Waals surface area contributed by atoms with Crippen LogP contribution in [0.1, 0.15) is 79.6 Å². The predicted octanol–water partition coefficient (Wildman–Crippen LogP) is 4.86. The molecule has 0 amide bonds. The van der Waals surface area contributed by atoms with Crippen molar-refractivity contribution in [1.82, 2.24) is 0 Å². The number of hydrogen-bond donors (Lipinski definition) is 1. The third kappa shape index (κ3) is 3.01. The van der Waals surface area contributed by atoms with Crippen molar-refractivity contribution in [3.63, 3.8) is 0 Å². The van der Waals surface area contributed by atoms with Gasteiger partial charge in [-0.15, -0.1) is 0 Å². The topological polar surface area (TPSA) is 32.8 Å². The van der Waals surface area contributed by atoms with E-state index in [4.69, 9.17) is 4.74 Å². The molecular weight excluding hydrogens is 272 g/mol. The molecule has 2 fully saturated rings. The normalized spacial score (nSPS) is 46.3. The van der Waals surface area contributed by atoms with Crippen LogP contribution in [0, 0.1) is 17.3 Å². The summed E-state index contributed by atoms with van der Waals surface area (Å²) in [6.07, 6.45) is 11.2. The van der Waals surface area contributed by atoms with Crippen LogP contribution in [0.2, 0.25) is 0 Å². The highest BCUT2D eigenvalue weighted by molar-refractivity contribution is 5.10. The van der Waals surface area contributed by atoms with E-state index in [0.717, 1.165) is 6.42 Å². The second kappa shape index (κ2) is 5.34. The Morgan fingerprint density at radius 3 is 2.59 bits per heavy atom. The highest BCUT2D eigenvalue weighted by Crippen LogP contribution is 2.56. The standard InChI is InChI=1S/C20H34O2/c1-14-6-7-17-20(5,22-17)13-10-16-15(18(2,3)21)9-12-19(16,4)11-8-14/h8,15-17,21H,6-7,9-13H2,1-5H3/t15-,16+,17-,19+,20-/m1/s1. The minimum Gasteiger partial charge on any atom is -0.390 e. The van der Waals surface area contributed by atoms with Crippen LogP contribution in [0.4, 0.5) is 0 Å². The van der Waals surface area contributed by atoms with Crippen molar-refractivity contribution in [2.45, 2.75) is 96.9 Å². The van der Waals surface area contributed by atoms with Gasteiger partial charge < -0.3 is 9.84 Å². The molecule has 3 rings (SSSR count). The van der Waals surface area contributed by atoms with Crippen LogP contribution in [0.5, 0.6) is 0 Å². The molecule has 2 nitrogen and oxygen atoms in total. The Balaban J connectivity index is 1.86. The van der Waals surface area contributed by atoms with Crippen LogP contribution >= 0.6 is 0 Å².